The molecule has 0 fully saturated rings. The van der Waals surface area contributed by atoms with Crippen LogP contribution in [0.4, 0.5) is 4.39 Å². The number of methoxy groups -OCH3 is 1. The van der Waals surface area contributed by atoms with Gasteiger partial charge in [0.1, 0.15) is 11.6 Å². The van der Waals surface area contributed by atoms with Crippen LogP contribution < -0.4 is 10.1 Å². The van der Waals surface area contributed by atoms with Crippen LogP contribution in [-0.4, -0.2) is 12.1 Å². The Kier molecular flexibility index (Phi) is 4.28. The molecule has 5 heteroatoms. The summed E-state index contributed by atoms with van der Waals surface area (Å²) in [4.78, 5) is 4.19. The van der Waals surface area contributed by atoms with Crippen molar-refractivity contribution in [2.45, 2.75) is 19.5 Å². The molecule has 1 atom stereocenters. The highest BCUT2D eigenvalue weighted by Crippen LogP contribution is 2.25. The first kappa shape index (κ1) is 13.0. The summed E-state index contributed by atoms with van der Waals surface area (Å²) in [7, 11) is 1.59. The Balaban J connectivity index is 2.08. The molecule has 0 amide bonds. The van der Waals surface area contributed by atoms with Gasteiger partial charge in [0.15, 0.2) is 0 Å². The Morgan fingerprint density at radius 2 is 2.33 bits per heavy atom. The van der Waals surface area contributed by atoms with E-state index in [1.807, 2.05) is 12.3 Å². The van der Waals surface area contributed by atoms with E-state index in [0.29, 0.717) is 12.3 Å². The van der Waals surface area contributed by atoms with E-state index in [1.165, 1.54) is 12.1 Å². The molecule has 1 aromatic heterocycles. The third-order valence-corrected chi connectivity index (χ3v) is 3.37. The number of halogens is 1. The first-order valence-corrected chi connectivity index (χ1v) is 6.59. The first-order chi connectivity index (χ1) is 8.70. The third-order valence-electron chi connectivity index (χ3n) is 2.73. The van der Waals surface area contributed by atoms with Gasteiger partial charge < -0.3 is 10.1 Å². The van der Waals surface area contributed by atoms with E-state index in [-0.39, 0.29) is 11.9 Å². The maximum absolute atomic E-state index is 13.3. The van der Waals surface area contributed by atoms with Gasteiger partial charge in [-0.1, -0.05) is 0 Å². The van der Waals surface area contributed by atoms with Crippen molar-refractivity contribution in [3.8, 4) is 5.75 Å². The van der Waals surface area contributed by atoms with Crippen molar-refractivity contribution in [2.24, 2.45) is 0 Å². The molecule has 0 bridgehead atoms. The Hall–Kier alpha value is -1.46. The molecular formula is C13H15FN2OS. The normalized spacial score (nSPS) is 12.4. The minimum atomic E-state index is -0.256. The average Bonchev–Trinajstić information content (AvgIpc) is 2.89. The van der Waals surface area contributed by atoms with Crippen molar-refractivity contribution in [3.05, 3.63) is 46.2 Å². The maximum atomic E-state index is 13.3. The molecule has 3 nitrogen and oxygen atoms in total. The lowest BCUT2D eigenvalue weighted by atomic mass is 10.1. The summed E-state index contributed by atoms with van der Waals surface area (Å²) in [6.07, 6.45) is 0. The van der Waals surface area contributed by atoms with E-state index >= 15 is 0 Å². The summed E-state index contributed by atoms with van der Waals surface area (Å²) < 4.78 is 18.5. The van der Waals surface area contributed by atoms with Crippen molar-refractivity contribution in [1.29, 1.82) is 0 Å². The van der Waals surface area contributed by atoms with Crippen LogP contribution in [0, 0.1) is 5.82 Å². The molecule has 1 aromatic carbocycles. The number of ether oxygens (including phenoxy) is 1. The second kappa shape index (κ2) is 5.93. The number of nitrogens with zero attached hydrogens (tertiary/aromatic N) is 1. The largest absolute Gasteiger partial charge is 0.496 e. The van der Waals surface area contributed by atoms with Gasteiger partial charge in [0.05, 0.1) is 18.3 Å². The van der Waals surface area contributed by atoms with Gasteiger partial charge in [-0.3, -0.25) is 0 Å². The molecule has 0 saturated carbocycles. The lowest BCUT2D eigenvalue weighted by Gasteiger charge is -2.16. The van der Waals surface area contributed by atoms with Crippen molar-refractivity contribution in [3.63, 3.8) is 0 Å². The molecule has 2 rings (SSSR count). The smallest absolute Gasteiger partial charge is 0.123 e. The van der Waals surface area contributed by atoms with Crippen LogP contribution in [0.1, 0.15) is 24.2 Å². The van der Waals surface area contributed by atoms with Crippen molar-refractivity contribution in [1.82, 2.24) is 10.3 Å². The molecule has 1 N–H and O–H groups in total. The van der Waals surface area contributed by atoms with Gasteiger partial charge >= 0.3 is 0 Å². The molecule has 18 heavy (non-hydrogen) atoms. The summed E-state index contributed by atoms with van der Waals surface area (Å²) in [5.74, 6) is 0.433. The highest BCUT2D eigenvalue weighted by molar-refractivity contribution is 7.07. The fourth-order valence-electron chi connectivity index (χ4n) is 1.74. The highest BCUT2D eigenvalue weighted by Gasteiger charge is 2.12. The summed E-state index contributed by atoms with van der Waals surface area (Å²) in [6.45, 7) is 2.63. The quantitative estimate of drug-likeness (QED) is 0.902. The molecular weight excluding hydrogens is 251 g/mol. The summed E-state index contributed by atoms with van der Waals surface area (Å²) in [5.41, 5.74) is 3.60. The van der Waals surface area contributed by atoms with Crippen molar-refractivity contribution >= 4 is 11.3 Å². The lowest BCUT2D eigenvalue weighted by Crippen LogP contribution is -2.19. The fraction of sp³-hybridized carbons (Fsp3) is 0.308. The summed E-state index contributed by atoms with van der Waals surface area (Å²) in [5, 5.41) is 5.29. The number of aromatic nitrogens is 1. The van der Waals surface area contributed by atoms with Gasteiger partial charge in [-0.2, -0.15) is 0 Å². The van der Waals surface area contributed by atoms with Gasteiger partial charge in [-0.15, -0.1) is 11.3 Å². The van der Waals surface area contributed by atoms with Gasteiger partial charge in [0, 0.05) is 23.5 Å². The van der Waals surface area contributed by atoms with Crippen LogP contribution >= 0.6 is 11.3 Å². The zero-order chi connectivity index (χ0) is 13.0. The number of benzene rings is 1. The van der Waals surface area contributed by atoms with Gasteiger partial charge in [-0.25, -0.2) is 9.37 Å². The predicted octanol–water partition coefficient (Wildman–Crippen LogP) is 3.14. The van der Waals surface area contributed by atoms with Gasteiger partial charge in [0.25, 0.3) is 0 Å². The third kappa shape index (κ3) is 3.05. The minimum Gasteiger partial charge on any atom is -0.496 e. The Labute approximate surface area is 110 Å². The van der Waals surface area contributed by atoms with E-state index in [2.05, 4.69) is 10.3 Å². The van der Waals surface area contributed by atoms with E-state index < -0.39 is 0 Å². The van der Waals surface area contributed by atoms with Crippen LogP contribution in [0.5, 0.6) is 5.75 Å². The number of hydrogen-bond acceptors (Lipinski definition) is 4. The molecule has 0 spiro atoms. The summed E-state index contributed by atoms with van der Waals surface area (Å²) >= 11 is 1.56. The number of hydrogen-bond donors (Lipinski definition) is 1. The van der Waals surface area contributed by atoms with E-state index in [1.54, 1.807) is 30.0 Å². The Bertz CT molecular complexity index is 502. The topological polar surface area (TPSA) is 34.1 Å². The number of thiazole rings is 1. The van der Waals surface area contributed by atoms with E-state index in [9.17, 15) is 4.39 Å². The van der Waals surface area contributed by atoms with Crippen LogP contribution in [0.3, 0.4) is 0 Å². The molecule has 0 aliphatic rings. The lowest BCUT2D eigenvalue weighted by molar-refractivity contribution is 0.399. The predicted molar refractivity (Wildman–Crippen MR) is 70.3 cm³/mol. The Morgan fingerprint density at radius 1 is 1.50 bits per heavy atom. The molecule has 1 unspecified atom stereocenters. The van der Waals surface area contributed by atoms with Crippen molar-refractivity contribution in [2.75, 3.05) is 7.11 Å². The number of rotatable bonds is 5. The molecule has 2 aromatic rings. The van der Waals surface area contributed by atoms with E-state index in [4.69, 9.17) is 4.74 Å². The number of nitrogens with one attached hydrogen (secondary N) is 1. The maximum Gasteiger partial charge on any atom is 0.123 e. The molecule has 0 radical (unpaired) electrons. The SMILES string of the molecule is COc1ccc(F)cc1C(C)NCc1cscn1. The second-order valence-corrected chi connectivity index (χ2v) is 4.69. The van der Waals surface area contributed by atoms with Gasteiger partial charge in [0.2, 0.25) is 0 Å². The standard InChI is InChI=1S/C13H15FN2OS/c1-9(15-6-11-7-18-8-16-11)12-5-10(14)3-4-13(12)17-2/h3-5,7-9,15H,6H2,1-2H3. The molecule has 1 heterocycles. The second-order valence-electron chi connectivity index (χ2n) is 3.97. The van der Waals surface area contributed by atoms with Crippen LogP contribution in [-0.2, 0) is 6.54 Å². The van der Waals surface area contributed by atoms with Crippen LogP contribution in [0.15, 0.2) is 29.1 Å². The summed E-state index contributed by atoms with van der Waals surface area (Å²) in [6, 6.07) is 4.54. The minimum absolute atomic E-state index is 0.00245. The first-order valence-electron chi connectivity index (χ1n) is 5.64. The Morgan fingerprint density at radius 3 is 3.00 bits per heavy atom. The molecule has 0 aliphatic heterocycles. The van der Waals surface area contributed by atoms with Crippen LogP contribution in [0.2, 0.25) is 0 Å². The molecule has 96 valence electrons. The fourth-order valence-corrected chi connectivity index (χ4v) is 2.29. The monoisotopic (exact) mass is 266 g/mol. The zero-order valence-corrected chi connectivity index (χ0v) is 11.1. The molecule has 0 aliphatic carbocycles. The average molecular weight is 266 g/mol. The van der Waals surface area contributed by atoms with E-state index in [0.717, 1.165) is 11.3 Å². The highest BCUT2D eigenvalue weighted by atomic mass is 32.1. The zero-order valence-electron chi connectivity index (χ0n) is 10.3. The van der Waals surface area contributed by atoms with Crippen LogP contribution in [0.25, 0.3) is 0 Å². The van der Waals surface area contributed by atoms with Crippen molar-refractivity contribution < 1.29 is 9.13 Å². The van der Waals surface area contributed by atoms with Gasteiger partial charge in [-0.05, 0) is 25.1 Å². The molecule has 0 saturated heterocycles.